The molecule has 0 unspecified atom stereocenters. The van der Waals surface area contributed by atoms with Crippen LogP contribution in [0.4, 0.5) is 49.1 Å². The fourth-order valence-electron chi connectivity index (χ4n) is 5.47. The van der Waals surface area contributed by atoms with Crippen LogP contribution in [0.25, 0.3) is 0 Å². The zero-order valence-electron chi connectivity index (χ0n) is 26.5. The number of benzene rings is 5. The zero-order chi connectivity index (χ0) is 36.8. The van der Waals surface area contributed by atoms with Gasteiger partial charge in [0, 0.05) is 24.3 Å². The van der Waals surface area contributed by atoms with Gasteiger partial charge < -0.3 is 29.6 Å². The van der Waals surface area contributed by atoms with Gasteiger partial charge in [0.25, 0.3) is 10.0 Å². The lowest BCUT2D eigenvalue weighted by Crippen LogP contribution is -2.19. The molecule has 268 valence electrons. The van der Waals surface area contributed by atoms with Gasteiger partial charge in [-0.3, -0.25) is 0 Å². The number of nitrogens with one attached hydrogen (secondary N) is 3. The highest BCUT2D eigenvalue weighted by molar-refractivity contribution is 7.89. The Morgan fingerprint density at radius 3 is 1.60 bits per heavy atom. The number of anilines is 4. The summed E-state index contributed by atoms with van der Waals surface area (Å²) in [5, 5.41) is 10.4. The Morgan fingerprint density at radius 2 is 1.13 bits per heavy atom. The highest BCUT2D eigenvalue weighted by Gasteiger charge is 2.33. The van der Waals surface area contributed by atoms with Crippen LogP contribution in [0.1, 0.15) is 22.6 Å². The summed E-state index contributed by atoms with van der Waals surface area (Å²) in [5.74, 6) is -0.843. The first-order chi connectivity index (χ1) is 24.6. The molecule has 17 heteroatoms. The number of rotatable bonds is 8. The minimum Gasteiger partial charge on any atom is -0.453 e. The lowest BCUT2D eigenvalue weighted by Gasteiger charge is -2.25. The third kappa shape index (κ3) is 7.63. The van der Waals surface area contributed by atoms with Gasteiger partial charge >= 0.3 is 12.7 Å². The summed E-state index contributed by atoms with van der Waals surface area (Å²) in [6.07, 6.45) is -8.39. The first-order valence-electron chi connectivity index (χ1n) is 15.2. The molecule has 7 rings (SSSR count). The molecule has 52 heavy (non-hydrogen) atoms. The highest BCUT2D eigenvalue weighted by atomic mass is 32.2. The van der Waals surface area contributed by atoms with Gasteiger partial charge in [-0.2, -0.15) is 13.5 Å². The predicted octanol–water partition coefficient (Wildman–Crippen LogP) is 9.59. The number of hydrogen-bond donors (Lipinski definition) is 3. The molecule has 0 aliphatic carbocycles. The number of halogens is 6. The maximum absolute atomic E-state index is 13.0. The van der Waals surface area contributed by atoms with Crippen molar-refractivity contribution >= 4 is 39.0 Å². The number of alkyl halides is 6. The van der Waals surface area contributed by atoms with Gasteiger partial charge in [0.2, 0.25) is 0 Å². The quantitative estimate of drug-likeness (QED) is 0.0801. The molecular weight excluding hydrogens is 718 g/mol. The Labute approximate surface area is 291 Å². The fourth-order valence-corrected chi connectivity index (χ4v) is 6.27. The maximum atomic E-state index is 13.0. The molecule has 0 saturated carbocycles. The van der Waals surface area contributed by atoms with Crippen LogP contribution in [-0.4, -0.2) is 27.4 Å². The topological polar surface area (TPSA) is 120 Å². The number of sulfonamides is 1. The second-order valence-corrected chi connectivity index (χ2v) is 13.2. The lowest BCUT2D eigenvalue weighted by molar-refractivity contribution is -0.275. The van der Waals surface area contributed by atoms with Crippen molar-refractivity contribution in [3.05, 3.63) is 114 Å². The van der Waals surface area contributed by atoms with Crippen molar-refractivity contribution in [1.82, 2.24) is 4.83 Å². The van der Waals surface area contributed by atoms with Crippen LogP contribution in [0, 0.1) is 6.92 Å². The van der Waals surface area contributed by atoms with Gasteiger partial charge in [0.15, 0.2) is 23.0 Å². The van der Waals surface area contributed by atoms with E-state index in [0.29, 0.717) is 45.4 Å². The Balaban J connectivity index is 1.20. The smallest absolute Gasteiger partial charge is 0.453 e. The molecule has 2 heterocycles. The van der Waals surface area contributed by atoms with Gasteiger partial charge in [0.05, 0.1) is 27.6 Å². The highest BCUT2D eigenvalue weighted by Crippen LogP contribution is 2.47. The van der Waals surface area contributed by atoms with E-state index in [2.05, 4.69) is 30.0 Å². The number of ether oxygens (including phenoxy) is 4. The third-order valence-electron chi connectivity index (χ3n) is 7.81. The Bertz CT molecular complexity index is 2200. The van der Waals surface area contributed by atoms with Crippen LogP contribution in [0.5, 0.6) is 34.5 Å². The lowest BCUT2D eigenvalue weighted by atomic mass is 9.91. The molecule has 0 aromatic heterocycles. The number of fused-ring (bicyclic) bond motifs is 4. The molecule has 2 aliphatic rings. The van der Waals surface area contributed by atoms with Crippen molar-refractivity contribution in [3.63, 3.8) is 0 Å². The average molecular weight is 743 g/mol. The van der Waals surface area contributed by atoms with Gasteiger partial charge in [-0.25, -0.2) is 4.83 Å². The van der Waals surface area contributed by atoms with Gasteiger partial charge in [-0.05, 0) is 78.7 Å². The van der Waals surface area contributed by atoms with Crippen molar-refractivity contribution in [1.29, 1.82) is 0 Å². The molecule has 0 bridgehead atoms. The monoisotopic (exact) mass is 742 g/mol. The summed E-state index contributed by atoms with van der Waals surface area (Å²) in [7, 11) is -4.04. The molecule has 5 aromatic carbocycles. The number of nitrogens with zero attached hydrogens (tertiary/aromatic N) is 1. The molecule has 0 atom stereocenters. The molecule has 2 aliphatic heterocycles. The molecule has 3 N–H and O–H groups in total. The maximum Gasteiger partial charge on any atom is 0.573 e. The van der Waals surface area contributed by atoms with Crippen molar-refractivity contribution in [2.75, 3.05) is 10.6 Å². The first-order valence-corrected chi connectivity index (χ1v) is 16.7. The molecule has 0 radical (unpaired) electrons. The van der Waals surface area contributed by atoms with Gasteiger partial charge in [-0.1, -0.05) is 29.8 Å². The SMILES string of the molecule is Cc1ccc(S(=O)(=O)N/N=C/C(c2ccc3c(c2)Nc2ccc(OC(F)(F)F)cc2O3)c2ccc3c(c2)Nc2ccc(OC(F)(F)F)cc2O3)cc1. The average Bonchev–Trinajstić information content (AvgIpc) is 3.07. The summed E-state index contributed by atoms with van der Waals surface area (Å²) in [5.41, 5.74) is 3.71. The zero-order valence-corrected chi connectivity index (χ0v) is 27.3. The van der Waals surface area contributed by atoms with Crippen molar-refractivity contribution in [3.8, 4) is 34.5 Å². The van der Waals surface area contributed by atoms with Crippen LogP contribution >= 0.6 is 0 Å². The summed E-state index contributed by atoms with van der Waals surface area (Å²) < 4.78 is 122. The van der Waals surface area contributed by atoms with E-state index in [0.717, 1.165) is 29.8 Å². The summed E-state index contributed by atoms with van der Waals surface area (Å²) in [6.45, 7) is 1.82. The Morgan fingerprint density at radius 1 is 0.654 bits per heavy atom. The fraction of sp³-hybridized carbons (Fsp3) is 0.114. The predicted molar refractivity (Wildman–Crippen MR) is 178 cm³/mol. The van der Waals surface area contributed by atoms with Crippen molar-refractivity contribution in [2.45, 2.75) is 30.5 Å². The minimum atomic E-state index is -4.88. The molecule has 5 aromatic rings. The van der Waals surface area contributed by atoms with E-state index >= 15 is 0 Å². The second kappa shape index (κ2) is 12.9. The van der Waals surface area contributed by atoms with Crippen molar-refractivity contribution < 1.29 is 53.7 Å². The van der Waals surface area contributed by atoms with E-state index in [9.17, 15) is 34.8 Å². The van der Waals surface area contributed by atoms with E-state index < -0.39 is 40.2 Å². The van der Waals surface area contributed by atoms with Crippen LogP contribution in [0.3, 0.4) is 0 Å². The van der Waals surface area contributed by atoms with Crippen LogP contribution in [0.15, 0.2) is 107 Å². The van der Waals surface area contributed by atoms with E-state index in [1.165, 1.54) is 30.5 Å². The Kier molecular flexibility index (Phi) is 8.52. The van der Waals surface area contributed by atoms with E-state index in [1.807, 2.05) is 6.92 Å². The molecule has 0 saturated heterocycles. The van der Waals surface area contributed by atoms with E-state index in [4.69, 9.17) is 9.47 Å². The second-order valence-electron chi connectivity index (χ2n) is 11.5. The van der Waals surface area contributed by atoms with E-state index in [1.54, 1.807) is 48.5 Å². The Hall–Kier alpha value is -6.10. The number of hydrogen-bond acceptors (Lipinski definition) is 9. The van der Waals surface area contributed by atoms with Crippen LogP contribution in [0.2, 0.25) is 0 Å². The summed E-state index contributed by atoms with van der Waals surface area (Å²) in [4.78, 5) is 2.24. The number of hydrazone groups is 1. The largest absolute Gasteiger partial charge is 0.573 e. The summed E-state index contributed by atoms with van der Waals surface area (Å²) >= 11 is 0. The normalized spacial score (nSPS) is 13.4. The molecule has 0 fully saturated rings. The van der Waals surface area contributed by atoms with Crippen LogP contribution in [-0.2, 0) is 10.0 Å². The molecular formula is C35H24F6N4O6S. The summed E-state index contributed by atoms with van der Waals surface area (Å²) in [6, 6.07) is 23.4. The molecule has 0 amide bonds. The van der Waals surface area contributed by atoms with Crippen LogP contribution < -0.4 is 34.4 Å². The number of aryl methyl sites for hydroxylation is 1. The standard InChI is InChI=1S/C35H24F6N4O6S/c1-19-2-8-24(9-3-19)52(46,47)45-42-18-25(20-4-12-30-28(14-20)43-26-10-6-22(16-32(26)48-30)50-34(36,37)38)21-5-13-31-29(15-21)44-27-11-7-23(17-33(27)49-31)51-35(39,40)41/h2-18,25,43-45H,1H3/b42-18+. The minimum absolute atomic E-state index is 0.00183. The molecule has 0 spiro atoms. The van der Waals surface area contributed by atoms with Crippen molar-refractivity contribution in [2.24, 2.45) is 5.10 Å². The van der Waals surface area contributed by atoms with Gasteiger partial charge in [-0.15, -0.1) is 26.3 Å². The van der Waals surface area contributed by atoms with Gasteiger partial charge in [0.1, 0.15) is 11.5 Å². The van der Waals surface area contributed by atoms with E-state index in [-0.39, 0.29) is 16.4 Å². The first kappa shape index (κ1) is 34.4. The third-order valence-corrected chi connectivity index (χ3v) is 9.04. The molecule has 10 nitrogen and oxygen atoms in total.